The number of carbonyl (C=O) groups excluding carboxylic acids is 3. The number of carbonyl (C=O) groups is 3. The van der Waals surface area contributed by atoms with E-state index in [0.717, 1.165) is 9.75 Å². The van der Waals surface area contributed by atoms with Crippen molar-refractivity contribution in [3.63, 3.8) is 0 Å². The van der Waals surface area contributed by atoms with Gasteiger partial charge in [0.1, 0.15) is 0 Å². The monoisotopic (exact) mass is 441 g/mol. The summed E-state index contributed by atoms with van der Waals surface area (Å²) in [6, 6.07) is 13.9. The maximum Gasteiger partial charge on any atom is 0.340 e. The summed E-state index contributed by atoms with van der Waals surface area (Å²) in [5, 5.41) is 6.37. The first-order valence-corrected chi connectivity index (χ1v) is 10.9. The van der Waals surface area contributed by atoms with Crippen molar-refractivity contribution in [2.45, 2.75) is 6.92 Å². The van der Waals surface area contributed by atoms with E-state index >= 15 is 0 Å². The number of benzene rings is 1. The fourth-order valence-corrected chi connectivity index (χ4v) is 3.94. The smallest absolute Gasteiger partial charge is 0.340 e. The zero-order valence-electron chi connectivity index (χ0n) is 16.1. The van der Waals surface area contributed by atoms with Crippen LogP contribution in [0.1, 0.15) is 27.0 Å². The molecule has 3 aromatic rings. The molecular formula is C22H19NO5S2. The zero-order valence-corrected chi connectivity index (χ0v) is 17.8. The van der Waals surface area contributed by atoms with Gasteiger partial charge in [0, 0.05) is 9.75 Å². The Labute approximate surface area is 181 Å². The highest BCUT2D eigenvalue weighted by atomic mass is 32.1. The fraction of sp³-hybridized carbons (Fsp3) is 0.136. The van der Waals surface area contributed by atoms with Gasteiger partial charge in [0.2, 0.25) is 0 Å². The average molecular weight is 442 g/mol. The summed E-state index contributed by atoms with van der Waals surface area (Å²) < 4.78 is 10.2. The Morgan fingerprint density at radius 3 is 2.43 bits per heavy atom. The van der Waals surface area contributed by atoms with Gasteiger partial charge in [0.25, 0.3) is 5.91 Å². The van der Waals surface area contributed by atoms with Crippen LogP contribution in [0.25, 0.3) is 11.6 Å². The van der Waals surface area contributed by atoms with E-state index < -0.39 is 24.5 Å². The Bertz CT molecular complexity index is 1040. The Balaban J connectivity index is 1.67. The molecule has 0 saturated heterocycles. The van der Waals surface area contributed by atoms with Crippen LogP contribution in [0.2, 0.25) is 0 Å². The highest BCUT2D eigenvalue weighted by Gasteiger charge is 2.18. The summed E-state index contributed by atoms with van der Waals surface area (Å²) >= 11 is 2.91. The molecule has 2 heterocycles. The van der Waals surface area contributed by atoms with Gasteiger partial charge in [-0.2, -0.15) is 0 Å². The van der Waals surface area contributed by atoms with Crippen molar-refractivity contribution in [3.05, 3.63) is 74.6 Å². The van der Waals surface area contributed by atoms with Gasteiger partial charge in [0.15, 0.2) is 6.61 Å². The van der Waals surface area contributed by atoms with Crippen LogP contribution in [0, 0.1) is 0 Å². The first-order valence-electron chi connectivity index (χ1n) is 9.10. The molecule has 0 bridgehead atoms. The number of amides is 1. The van der Waals surface area contributed by atoms with Gasteiger partial charge in [-0.25, -0.2) is 9.59 Å². The van der Waals surface area contributed by atoms with Gasteiger partial charge in [-0.1, -0.05) is 24.3 Å². The quantitative estimate of drug-likeness (QED) is 0.404. The molecule has 0 aliphatic carbocycles. The highest BCUT2D eigenvalue weighted by Crippen LogP contribution is 2.26. The van der Waals surface area contributed by atoms with E-state index in [-0.39, 0.29) is 12.2 Å². The van der Waals surface area contributed by atoms with E-state index in [2.05, 4.69) is 5.32 Å². The van der Waals surface area contributed by atoms with Gasteiger partial charge < -0.3 is 14.8 Å². The van der Waals surface area contributed by atoms with Crippen LogP contribution in [-0.2, 0) is 19.1 Å². The summed E-state index contributed by atoms with van der Waals surface area (Å²) in [5.74, 6) is -1.69. The summed E-state index contributed by atoms with van der Waals surface area (Å²) in [7, 11) is 0. The molecule has 8 heteroatoms. The highest BCUT2D eigenvalue weighted by molar-refractivity contribution is 7.12. The lowest BCUT2D eigenvalue weighted by Gasteiger charge is -2.11. The van der Waals surface area contributed by atoms with Crippen LogP contribution in [-0.4, -0.2) is 31.1 Å². The number of rotatable bonds is 8. The molecule has 0 radical (unpaired) electrons. The first-order chi connectivity index (χ1) is 14.6. The van der Waals surface area contributed by atoms with E-state index in [1.807, 2.05) is 35.0 Å². The Hall–Kier alpha value is -3.23. The molecule has 154 valence electrons. The van der Waals surface area contributed by atoms with Crippen molar-refractivity contribution < 1.29 is 23.9 Å². The summed E-state index contributed by atoms with van der Waals surface area (Å²) in [5.41, 5.74) is 0.910. The number of hydrogen-bond acceptors (Lipinski definition) is 7. The lowest BCUT2D eigenvalue weighted by Crippen LogP contribution is -2.22. The number of esters is 2. The van der Waals surface area contributed by atoms with Gasteiger partial charge in [0.05, 0.1) is 23.4 Å². The fourth-order valence-electron chi connectivity index (χ4n) is 2.55. The lowest BCUT2D eigenvalue weighted by atomic mass is 10.2. The molecule has 1 N–H and O–H groups in total. The molecule has 0 spiro atoms. The van der Waals surface area contributed by atoms with Crippen molar-refractivity contribution in [2.75, 3.05) is 18.5 Å². The minimum absolute atomic E-state index is 0.223. The number of hydrogen-bond donors (Lipinski definition) is 1. The average Bonchev–Trinajstić information content (AvgIpc) is 3.45. The lowest BCUT2D eigenvalue weighted by molar-refractivity contribution is -0.141. The predicted molar refractivity (Wildman–Crippen MR) is 118 cm³/mol. The summed E-state index contributed by atoms with van der Waals surface area (Å²) in [6.45, 7) is 1.44. The second-order valence-corrected chi connectivity index (χ2v) is 7.87. The van der Waals surface area contributed by atoms with E-state index in [1.54, 1.807) is 37.3 Å². The van der Waals surface area contributed by atoms with Crippen LogP contribution < -0.4 is 5.32 Å². The molecule has 1 amide bonds. The molecule has 30 heavy (non-hydrogen) atoms. The maximum absolute atomic E-state index is 12.7. The summed E-state index contributed by atoms with van der Waals surface area (Å²) in [4.78, 5) is 38.7. The normalized spacial score (nSPS) is 11.0. The van der Waals surface area contributed by atoms with Crippen molar-refractivity contribution in [2.24, 2.45) is 0 Å². The number of nitrogens with one attached hydrogen (secondary N) is 1. The molecule has 0 aliphatic heterocycles. The third kappa shape index (κ3) is 5.65. The number of para-hydroxylation sites is 1. The predicted octanol–water partition coefficient (Wildman–Crippen LogP) is 4.71. The molecule has 6 nitrogen and oxygen atoms in total. The molecule has 0 aliphatic rings. The van der Waals surface area contributed by atoms with Crippen LogP contribution >= 0.6 is 22.7 Å². The topological polar surface area (TPSA) is 81.7 Å². The Morgan fingerprint density at radius 1 is 0.967 bits per heavy atom. The standard InChI is InChI=1S/C22H19NO5S2/c1-2-27-21(25)16-8-3-4-9-18(16)23-20(24)14-28-22(26)17(19-10-6-12-30-19)13-15-7-5-11-29-15/h3-13H,2,14H2,1H3,(H,23,24). The zero-order chi connectivity index (χ0) is 21.3. The number of anilines is 1. The third-order valence-electron chi connectivity index (χ3n) is 3.87. The van der Waals surface area contributed by atoms with E-state index in [4.69, 9.17) is 9.47 Å². The summed E-state index contributed by atoms with van der Waals surface area (Å²) in [6.07, 6.45) is 1.74. The molecule has 0 saturated carbocycles. The van der Waals surface area contributed by atoms with Crippen molar-refractivity contribution in [3.8, 4) is 0 Å². The van der Waals surface area contributed by atoms with Gasteiger partial charge in [-0.3, -0.25) is 4.79 Å². The van der Waals surface area contributed by atoms with E-state index in [9.17, 15) is 14.4 Å². The third-order valence-corrected chi connectivity index (χ3v) is 5.59. The Morgan fingerprint density at radius 2 is 1.73 bits per heavy atom. The van der Waals surface area contributed by atoms with Crippen molar-refractivity contribution in [1.82, 2.24) is 0 Å². The maximum atomic E-state index is 12.7. The first kappa shape index (κ1) is 21.5. The minimum atomic E-state index is -0.598. The molecule has 0 unspecified atom stereocenters. The van der Waals surface area contributed by atoms with Gasteiger partial charge in [-0.15, -0.1) is 22.7 Å². The van der Waals surface area contributed by atoms with Gasteiger partial charge >= 0.3 is 11.9 Å². The number of ether oxygens (including phenoxy) is 2. The largest absolute Gasteiger partial charge is 0.462 e. The second kappa shape index (κ2) is 10.5. The van der Waals surface area contributed by atoms with Crippen LogP contribution in [0.4, 0.5) is 5.69 Å². The Kier molecular flexibility index (Phi) is 7.53. The molecule has 0 atom stereocenters. The van der Waals surface area contributed by atoms with Crippen molar-refractivity contribution >= 4 is 57.9 Å². The molecule has 0 fully saturated rings. The molecular weight excluding hydrogens is 422 g/mol. The second-order valence-electron chi connectivity index (χ2n) is 5.94. The number of thiophene rings is 2. The van der Waals surface area contributed by atoms with Crippen molar-refractivity contribution in [1.29, 1.82) is 0 Å². The minimum Gasteiger partial charge on any atom is -0.462 e. The molecule has 1 aromatic carbocycles. The van der Waals surface area contributed by atoms with Crippen LogP contribution in [0.15, 0.2) is 59.3 Å². The molecule has 3 rings (SSSR count). The van der Waals surface area contributed by atoms with E-state index in [1.165, 1.54) is 22.7 Å². The van der Waals surface area contributed by atoms with Crippen LogP contribution in [0.5, 0.6) is 0 Å². The van der Waals surface area contributed by atoms with Crippen LogP contribution in [0.3, 0.4) is 0 Å². The molecule has 2 aromatic heterocycles. The van der Waals surface area contributed by atoms with Gasteiger partial charge in [-0.05, 0) is 48.0 Å². The SMILES string of the molecule is CCOC(=O)c1ccccc1NC(=O)COC(=O)C(=Cc1cccs1)c1cccs1. The van der Waals surface area contributed by atoms with E-state index in [0.29, 0.717) is 11.3 Å².